The Morgan fingerprint density at radius 1 is 1.12 bits per heavy atom. The maximum Gasteiger partial charge on any atom is 0.328 e. The third-order valence-electron chi connectivity index (χ3n) is 10.5. The Balaban J connectivity index is 1.28. The van der Waals surface area contributed by atoms with Crippen LogP contribution >= 0.6 is 0 Å². The maximum absolute atomic E-state index is 13.9. The summed E-state index contributed by atoms with van der Waals surface area (Å²) in [6.45, 7) is 5.43. The molecule has 184 valence electrons. The van der Waals surface area contributed by atoms with Crippen molar-refractivity contribution in [1.82, 2.24) is 13.9 Å². The van der Waals surface area contributed by atoms with E-state index in [1.807, 2.05) is 0 Å². The van der Waals surface area contributed by atoms with Gasteiger partial charge >= 0.3 is 5.69 Å². The first-order valence-electron chi connectivity index (χ1n) is 12.6. The number of rotatable bonds is 4. The number of H-pyrrole nitrogens is 1. The molecule has 1 spiro atoms. The summed E-state index contributed by atoms with van der Waals surface area (Å²) in [4.78, 5) is 15.1. The molecule has 2 aromatic rings. The maximum atomic E-state index is 13.9. The molecule has 8 heteroatoms. The lowest BCUT2D eigenvalue weighted by Crippen LogP contribution is -2.50. The molecular weight excluding hydrogens is 450 g/mol. The summed E-state index contributed by atoms with van der Waals surface area (Å²) in [7, 11) is -3.53. The molecule has 3 aliphatic carbocycles. The topological polar surface area (TPSA) is 95.4 Å². The summed E-state index contributed by atoms with van der Waals surface area (Å²) in [6.07, 6.45) is 7.69. The van der Waals surface area contributed by atoms with Crippen molar-refractivity contribution in [1.29, 1.82) is 0 Å². The third-order valence-corrected chi connectivity index (χ3v) is 12.5. The largest absolute Gasteiger partial charge is 0.493 e. The zero-order valence-corrected chi connectivity index (χ0v) is 20.9. The summed E-state index contributed by atoms with van der Waals surface area (Å²) in [5.74, 6) is 0.276. The lowest BCUT2D eigenvalue weighted by molar-refractivity contribution is 0.102. The van der Waals surface area contributed by atoms with Gasteiger partial charge in [-0.05, 0) is 72.8 Å². The number of aromatic amines is 1. The number of aromatic nitrogens is 2. The van der Waals surface area contributed by atoms with E-state index in [1.165, 1.54) is 21.9 Å². The number of nitrogens with zero attached hydrogens (tertiary/aromatic N) is 2. The number of imidazole rings is 1. The van der Waals surface area contributed by atoms with Gasteiger partial charge in [0, 0.05) is 24.5 Å². The van der Waals surface area contributed by atoms with E-state index in [0.29, 0.717) is 19.0 Å². The number of fused-ring (bicyclic) bond motifs is 4. The van der Waals surface area contributed by atoms with Crippen molar-refractivity contribution >= 4 is 10.0 Å². The molecule has 7 nitrogen and oxygen atoms in total. The van der Waals surface area contributed by atoms with Gasteiger partial charge in [0.2, 0.25) is 15.9 Å². The van der Waals surface area contributed by atoms with Crippen molar-refractivity contribution in [2.45, 2.75) is 70.3 Å². The molecule has 1 aromatic heterocycles. The minimum Gasteiger partial charge on any atom is -0.493 e. The molecule has 3 atom stereocenters. The first kappa shape index (κ1) is 22.4. The number of aromatic hydroxyl groups is 1. The van der Waals surface area contributed by atoms with Crippen molar-refractivity contribution in [2.75, 3.05) is 18.8 Å². The minimum absolute atomic E-state index is 0.0365. The number of hydrogen-bond donors (Lipinski definition) is 2. The number of sulfonamides is 1. The molecule has 4 aliphatic rings. The van der Waals surface area contributed by atoms with Crippen LogP contribution in [0.2, 0.25) is 0 Å². The van der Waals surface area contributed by atoms with Crippen LogP contribution in [-0.2, 0) is 21.9 Å². The van der Waals surface area contributed by atoms with Gasteiger partial charge in [-0.2, -0.15) is 0 Å². The number of hydrogen-bond acceptors (Lipinski definition) is 4. The summed E-state index contributed by atoms with van der Waals surface area (Å²) in [5.41, 5.74) is 1.79. The second-order valence-corrected chi connectivity index (χ2v) is 13.7. The molecule has 3 fully saturated rings. The summed E-state index contributed by atoms with van der Waals surface area (Å²) in [5, 5.41) is 10.4. The van der Waals surface area contributed by atoms with Crippen LogP contribution in [-0.4, -0.2) is 46.2 Å². The second-order valence-electron chi connectivity index (χ2n) is 11.8. The third kappa shape index (κ3) is 2.90. The van der Waals surface area contributed by atoms with Crippen molar-refractivity contribution in [2.24, 2.45) is 16.7 Å². The van der Waals surface area contributed by atoms with E-state index in [-0.39, 0.29) is 34.2 Å². The van der Waals surface area contributed by atoms with E-state index in [0.717, 1.165) is 44.9 Å². The van der Waals surface area contributed by atoms with Crippen molar-refractivity contribution in [3.8, 4) is 5.88 Å². The normalized spacial score (nSPS) is 31.8. The SMILES string of the molecule is CC1(C)[C@@H]2CC[C@@]1(CS(=O)(=O)N1CCC3(CCc4ccccc43)CC1)[C@@H](n1c(O)c[nH]c1=O)C2. The first-order valence-corrected chi connectivity index (χ1v) is 14.3. The van der Waals surface area contributed by atoms with E-state index < -0.39 is 15.4 Å². The van der Waals surface area contributed by atoms with Gasteiger partial charge in [-0.15, -0.1) is 0 Å². The number of piperidine rings is 1. The fourth-order valence-corrected chi connectivity index (χ4v) is 10.6. The van der Waals surface area contributed by atoms with Crippen LogP contribution in [0.4, 0.5) is 0 Å². The van der Waals surface area contributed by atoms with E-state index >= 15 is 0 Å². The van der Waals surface area contributed by atoms with Crippen LogP contribution in [0.25, 0.3) is 0 Å². The molecule has 34 heavy (non-hydrogen) atoms. The highest BCUT2D eigenvalue weighted by Crippen LogP contribution is 2.70. The van der Waals surface area contributed by atoms with Crippen molar-refractivity contribution in [3.63, 3.8) is 0 Å². The first-order chi connectivity index (χ1) is 16.1. The molecule has 2 N–H and O–H groups in total. The van der Waals surface area contributed by atoms with E-state index in [9.17, 15) is 18.3 Å². The highest BCUT2D eigenvalue weighted by molar-refractivity contribution is 7.89. The summed E-state index contributed by atoms with van der Waals surface area (Å²) in [6, 6.07) is 8.33. The standard InChI is InChI=1S/C26H35N3O4S/c1-24(2)19-8-10-26(24,21(15-19)29-22(30)16-27-23(29)31)17-34(32,33)28-13-11-25(12-14-28)9-7-18-5-3-4-6-20(18)25/h3-6,16,19,21,30H,7-15,17H2,1-2H3,(H,27,31)/t19-,21+,26-/m1/s1. The molecule has 1 aromatic carbocycles. The molecule has 0 amide bonds. The van der Waals surface area contributed by atoms with E-state index in [4.69, 9.17) is 0 Å². The van der Waals surface area contributed by atoms with Crippen LogP contribution in [0.5, 0.6) is 5.88 Å². The summed E-state index contributed by atoms with van der Waals surface area (Å²) >= 11 is 0. The van der Waals surface area contributed by atoms with Crippen LogP contribution in [0, 0.1) is 16.7 Å². The van der Waals surface area contributed by atoms with Gasteiger partial charge in [0.05, 0.1) is 11.9 Å². The molecule has 0 unspecified atom stereocenters. The van der Waals surface area contributed by atoms with Gasteiger partial charge in [0.1, 0.15) is 0 Å². The minimum atomic E-state index is -3.53. The Bertz CT molecular complexity index is 1290. The van der Waals surface area contributed by atoms with Crippen molar-refractivity contribution in [3.05, 3.63) is 52.1 Å². The highest BCUT2D eigenvalue weighted by Gasteiger charge is 2.66. The Labute approximate surface area is 201 Å². The van der Waals surface area contributed by atoms with Gasteiger partial charge in [-0.3, -0.25) is 4.57 Å². The average Bonchev–Trinajstić information content (AvgIpc) is 3.46. The lowest BCUT2D eigenvalue weighted by Gasteiger charge is -2.45. The molecule has 2 saturated carbocycles. The van der Waals surface area contributed by atoms with Gasteiger partial charge in [-0.25, -0.2) is 17.5 Å². The van der Waals surface area contributed by atoms with Gasteiger partial charge in [-0.1, -0.05) is 38.1 Å². The Hall–Kier alpha value is -2.06. The molecular formula is C26H35N3O4S. The number of nitrogens with one attached hydrogen (secondary N) is 1. The van der Waals surface area contributed by atoms with Crippen LogP contribution in [0.1, 0.15) is 69.5 Å². The fourth-order valence-electron chi connectivity index (χ4n) is 8.30. The van der Waals surface area contributed by atoms with Crippen LogP contribution < -0.4 is 5.69 Å². The second kappa shape index (κ2) is 7.23. The lowest BCUT2D eigenvalue weighted by atomic mass is 9.69. The predicted molar refractivity (Wildman–Crippen MR) is 130 cm³/mol. The fraction of sp³-hybridized carbons (Fsp3) is 0.654. The van der Waals surface area contributed by atoms with Crippen LogP contribution in [0.3, 0.4) is 0 Å². The zero-order chi connectivity index (χ0) is 23.9. The van der Waals surface area contributed by atoms with E-state index in [1.54, 1.807) is 4.31 Å². The Morgan fingerprint density at radius 3 is 2.53 bits per heavy atom. The highest BCUT2D eigenvalue weighted by atomic mass is 32.2. The quantitative estimate of drug-likeness (QED) is 0.692. The molecule has 2 bridgehead atoms. The van der Waals surface area contributed by atoms with Gasteiger partial charge in [0.15, 0.2) is 0 Å². The van der Waals surface area contributed by atoms with Crippen molar-refractivity contribution < 1.29 is 13.5 Å². The Morgan fingerprint density at radius 2 is 1.85 bits per heavy atom. The van der Waals surface area contributed by atoms with Crippen LogP contribution in [0.15, 0.2) is 35.3 Å². The molecule has 6 rings (SSSR count). The smallest absolute Gasteiger partial charge is 0.328 e. The molecule has 2 heterocycles. The zero-order valence-electron chi connectivity index (χ0n) is 20.1. The van der Waals surface area contributed by atoms with E-state index in [2.05, 4.69) is 43.1 Å². The van der Waals surface area contributed by atoms with Gasteiger partial charge < -0.3 is 10.1 Å². The molecule has 1 aliphatic heterocycles. The Kier molecular flexibility index (Phi) is 4.76. The summed E-state index contributed by atoms with van der Waals surface area (Å²) < 4.78 is 31.0. The molecule has 1 saturated heterocycles. The molecule has 0 radical (unpaired) electrons. The number of benzene rings is 1. The average molecular weight is 486 g/mol. The number of aryl methyl sites for hydroxylation is 1. The predicted octanol–water partition coefficient (Wildman–Crippen LogP) is 3.56. The van der Waals surface area contributed by atoms with Gasteiger partial charge in [0.25, 0.3) is 0 Å². The monoisotopic (exact) mass is 485 g/mol.